The molecule has 0 aromatic rings. The Morgan fingerprint density at radius 3 is 1.85 bits per heavy atom. The van der Waals surface area contributed by atoms with Crippen LogP contribution in [0.4, 0.5) is 0 Å². The summed E-state index contributed by atoms with van der Waals surface area (Å²) >= 11 is 0. The molecule has 0 saturated carbocycles. The van der Waals surface area contributed by atoms with Crippen molar-refractivity contribution in [1.29, 1.82) is 0 Å². The predicted octanol–water partition coefficient (Wildman–Crippen LogP) is 2.16. The van der Waals surface area contributed by atoms with Crippen molar-refractivity contribution in [3.8, 4) is 0 Å². The molecule has 0 atom stereocenters. The molecule has 0 bridgehead atoms. The van der Waals surface area contributed by atoms with Crippen molar-refractivity contribution >= 4 is 5.97 Å². The van der Waals surface area contributed by atoms with Gasteiger partial charge in [-0.15, -0.1) is 0 Å². The predicted molar refractivity (Wildman–Crippen MR) is 55.1 cm³/mol. The summed E-state index contributed by atoms with van der Waals surface area (Å²) in [7, 11) is 0. The van der Waals surface area contributed by atoms with Crippen LogP contribution in [0.15, 0.2) is 25.6 Å². The minimum Gasteiger partial charge on any atom is -0.435 e. The molecule has 0 fully saturated rings. The fourth-order valence-corrected chi connectivity index (χ4v) is 0.599. The van der Waals surface area contributed by atoms with Crippen LogP contribution in [-0.4, -0.2) is 24.0 Å². The van der Waals surface area contributed by atoms with Gasteiger partial charge in [-0.05, 0) is 20.0 Å². The van der Waals surface area contributed by atoms with Gasteiger partial charge in [0.05, 0.1) is 6.26 Å². The van der Waals surface area contributed by atoms with Gasteiger partial charge < -0.3 is 9.64 Å². The van der Waals surface area contributed by atoms with E-state index in [9.17, 15) is 4.79 Å². The summed E-state index contributed by atoms with van der Waals surface area (Å²) in [5, 5.41) is 0. The number of carbonyl (C=O) groups is 1. The quantitative estimate of drug-likeness (QED) is 0.496. The molecule has 0 N–H and O–H groups in total. The van der Waals surface area contributed by atoms with E-state index in [1.54, 1.807) is 0 Å². The number of esters is 1. The summed E-state index contributed by atoms with van der Waals surface area (Å²) in [5.74, 6) is -0.329. The highest BCUT2D eigenvalue weighted by molar-refractivity contribution is 5.66. The molecule has 0 aromatic carbocycles. The summed E-state index contributed by atoms with van der Waals surface area (Å²) in [6.07, 6.45) is 2.96. The maximum Gasteiger partial charge on any atom is 0.307 e. The first kappa shape index (κ1) is 14.3. The van der Waals surface area contributed by atoms with Crippen molar-refractivity contribution in [2.45, 2.75) is 20.8 Å². The van der Waals surface area contributed by atoms with Crippen LogP contribution in [0.3, 0.4) is 0 Å². The fourth-order valence-electron chi connectivity index (χ4n) is 0.599. The number of rotatable bonds is 4. The third-order valence-electron chi connectivity index (χ3n) is 1.32. The SMILES string of the molecule is C=CN(CC)CC.C=COC(C)=O. The molecule has 3 heteroatoms. The summed E-state index contributed by atoms with van der Waals surface area (Å²) < 4.78 is 4.17. The molecule has 0 unspecified atom stereocenters. The summed E-state index contributed by atoms with van der Waals surface area (Å²) in [4.78, 5) is 11.9. The molecule has 13 heavy (non-hydrogen) atoms. The second-order valence-corrected chi connectivity index (χ2v) is 2.18. The van der Waals surface area contributed by atoms with E-state index in [2.05, 4.69) is 36.6 Å². The Morgan fingerprint density at radius 2 is 1.85 bits per heavy atom. The molecule has 0 aromatic heterocycles. The second-order valence-electron chi connectivity index (χ2n) is 2.18. The third-order valence-corrected chi connectivity index (χ3v) is 1.32. The van der Waals surface area contributed by atoms with Gasteiger partial charge >= 0.3 is 5.97 Å². The number of ether oxygens (including phenoxy) is 1. The summed E-state index contributed by atoms with van der Waals surface area (Å²) in [5.41, 5.74) is 0. The van der Waals surface area contributed by atoms with Gasteiger partial charge in [0.2, 0.25) is 0 Å². The first-order valence-electron chi connectivity index (χ1n) is 4.27. The number of carbonyl (C=O) groups excluding carboxylic acids is 1. The lowest BCUT2D eigenvalue weighted by molar-refractivity contribution is -0.135. The van der Waals surface area contributed by atoms with Gasteiger partial charge in [-0.2, -0.15) is 0 Å². The molecule has 0 aliphatic heterocycles. The van der Waals surface area contributed by atoms with Gasteiger partial charge in [0.25, 0.3) is 0 Å². The molecule has 0 heterocycles. The topological polar surface area (TPSA) is 29.5 Å². The zero-order valence-electron chi connectivity index (χ0n) is 8.75. The van der Waals surface area contributed by atoms with E-state index in [0.29, 0.717) is 0 Å². The van der Waals surface area contributed by atoms with Gasteiger partial charge in [-0.3, -0.25) is 4.79 Å². The van der Waals surface area contributed by atoms with E-state index < -0.39 is 0 Å². The lowest BCUT2D eigenvalue weighted by Crippen LogP contribution is -2.14. The van der Waals surface area contributed by atoms with Crippen LogP contribution in [0.2, 0.25) is 0 Å². The number of nitrogens with zero attached hydrogens (tertiary/aromatic N) is 1. The molecule has 0 rings (SSSR count). The van der Waals surface area contributed by atoms with E-state index in [1.165, 1.54) is 6.92 Å². The molecule has 0 aliphatic carbocycles. The van der Waals surface area contributed by atoms with Crippen LogP contribution >= 0.6 is 0 Å². The highest BCUT2D eigenvalue weighted by Gasteiger charge is 1.83. The minimum atomic E-state index is -0.329. The van der Waals surface area contributed by atoms with E-state index >= 15 is 0 Å². The maximum absolute atomic E-state index is 9.75. The molecule has 3 nitrogen and oxygen atoms in total. The average Bonchev–Trinajstić information content (AvgIpc) is 2.08. The zero-order valence-corrected chi connectivity index (χ0v) is 8.75. The van der Waals surface area contributed by atoms with Gasteiger partial charge in [0.1, 0.15) is 0 Å². The van der Waals surface area contributed by atoms with E-state index in [0.717, 1.165) is 19.4 Å². The molecule has 76 valence electrons. The Balaban J connectivity index is 0. The van der Waals surface area contributed by atoms with Crippen molar-refractivity contribution < 1.29 is 9.53 Å². The largest absolute Gasteiger partial charge is 0.435 e. The Hall–Kier alpha value is -1.25. The van der Waals surface area contributed by atoms with Crippen LogP contribution in [0.1, 0.15) is 20.8 Å². The third kappa shape index (κ3) is 13.7. The van der Waals surface area contributed by atoms with Crippen molar-refractivity contribution in [3.63, 3.8) is 0 Å². The van der Waals surface area contributed by atoms with Gasteiger partial charge in [-0.1, -0.05) is 13.2 Å². The summed E-state index contributed by atoms with van der Waals surface area (Å²) in [6, 6.07) is 0. The van der Waals surface area contributed by atoms with Crippen molar-refractivity contribution in [3.05, 3.63) is 25.6 Å². The highest BCUT2D eigenvalue weighted by Crippen LogP contribution is 1.82. The smallest absolute Gasteiger partial charge is 0.307 e. The summed E-state index contributed by atoms with van der Waals surface area (Å²) in [6.45, 7) is 14.5. The molecule has 0 saturated heterocycles. The lowest BCUT2D eigenvalue weighted by Gasteiger charge is -2.12. The first-order chi connectivity index (χ1) is 6.12. The lowest BCUT2D eigenvalue weighted by atomic mass is 10.5. The standard InChI is InChI=1S/C6H13N.C4H6O2/c1-4-7(5-2)6-3;1-3-6-4(2)5/h4H,1,5-6H2,2-3H3;3H,1H2,2H3. The molecular weight excluding hydrogens is 166 g/mol. The monoisotopic (exact) mass is 185 g/mol. The molecule has 0 aliphatic rings. The van der Waals surface area contributed by atoms with Gasteiger partial charge in [0, 0.05) is 20.0 Å². The number of hydrogen-bond acceptors (Lipinski definition) is 3. The second kappa shape index (κ2) is 10.8. The number of hydrogen-bond donors (Lipinski definition) is 0. The van der Waals surface area contributed by atoms with Crippen molar-refractivity contribution in [1.82, 2.24) is 4.90 Å². The molecule has 0 amide bonds. The Labute approximate surface area is 80.7 Å². The average molecular weight is 185 g/mol. The molecular formula is C10H19NO2. The normalized spacial score (nSPS) is 7.62. The van der Waals surface area contributed by atoms with Crippen LogP contribution in [0.25, 0.3) is 0 Å². The zero-order chi connectivity index (χ0) is 10.7. The molecule has 0 spiro atoms. The van der Waals surface area contributed by atoms with Gasteiger partial charge in [-0.25, -0.2) is 0 Å². The maximum atomic E-state index is 9.75. The molecule has 0 radical (unpaired) electrons. The van der Waals surface area contributed by atoms with E-state index in [-0.39, 0.29) is 5.97 Å². The van der Waals surface area contributed by atoms with Crippen LogP contribution in [0.5, 0.6) is 0 Å². The van der Waals surface area contributed by atoms with Crippen LogP contribution < -0.4 is 0 Å². The van der Waals surface area contributed by atoms with Crippen molar-refractivity contribution in [2.24, 2.45) is 0 Å². The van der Waals surface area contributed by atoms with E-state index in [1.807, 2.05) is 6.20 Å². The fraction of sp³-hybridized carbons (Fsp3) is 0.500. The van der Waals surface area contributed by atoms with Crippen LogP contribution in [-0.2, 0) is 9.53 Å². The Morgan fingerprint density at radius 1 is 1.38 bits per heavy atom. The van der Waals surface area contributed by atoms with Crippen molar-refractivity contribution in [2.75, 3.05) is 13.1 Å². The Bertz CT molecular complexity index is 151. The first-order valence-corrected chi connectivity index (χ1v) is 4.27. The van der Waals surface area contributed by atoms with E-state index in [4.69, 9.17) is 0 Å². The highest BCUT2D eigenvalue weighted by atomic mass is 16.5. The minimum absolute atomic E-state index is 0.329. The Kier molecular flexibility index (Phi) is 11.8. The van der Waals surface area contributed by atoms with Gasteiger partial charge in [0.15, 0.2) is 0 Å². The van der Waals surface area contributed by atoms with Crippen LogP contribution in [0, 0.1) is 0 Å².